The number of thiocarbonyl (C=S) groups is 2. The maximum Gasteiger partial charge on any atom is 0.114 e. The lowest BCUT2D eigenvalue weighted by Crippen LogP contribution is -1.84. The third-order valence-electron chi connectivity index (χ3n) is 0.634. The zero-order valence-corrected chi connectivity index (χ0v) is 6.31. The Bertz CT molecular complexity index is 124. The summed E-state index contributed by atoms with van der Waals surface area (Å²) >= 11 is 9.09. The summed E-state index contributed by atoms with van der Waals surface area (Å²) in [5, 5.41) is 2.22. The molecule has 0 unspecified atom stereocenters. The van der Waals surface area contributed by atoms with Gasteiger partial charge in [0.05, 0.1) is 5.16 Å². The van der Waals surface area contributed by atoms with Crippen LogP contribution < -0.4 is 0 Å². The van der Waals surface area contributed by atoms with E-state index in [0.717, 1.165) is 12.8 Å². The second-order valence-corrected chi connectivity index (χ2v) is 2.00. The highest BCUT2D eigenvalue weighted by Crippen LogP contribution is 1.91. The van der Waals surface area contributed by atoms with Crippen LogP contribution in [0, 0.1) is 0 Å². The molecule has 0 amide bonds. The largest absolute Gasteiger partial charge is 0.187 e. The van der Waals surface area contributed by atoms with Crippen LogP contribution in [0.1, 0.15) is 19.8 Å². The maximum absolute atomic E-state index is 4.76. The molecule has 0 atom stereocenters. The van der Waals surface area contributed by atoms with Crippen LogP contribution in [-0.2, 0) is 0 Å². The molecule has 0 aliphatic heterocycles. The average Bonchev–Trinajstić information content (AvgIpc) is 1.68. The molecule has 1 nitrogen and oxygen atoms in total. The molecule has 0 spiro atoms. The van der Waals surface area contributed by atoms with Crippen LogP contribution in [0.5, 0.6) is 0 Å². The summed E-state index contributed by atoms with van der Waals surface area (Å²) in [4.78, 5) is 4.27. The van der Waals surface area contributed by atoms with Gasteiger partial charge in [-0.25, -0.2) is 0 Å². The number of rotatable bonds is 2. The normalized spacial score (nSPS) is 7.62. The predicted molar refractivity (Wildman–Crippen MR) is 42.5 cm³/mol. The second kappa shape index (κ2) is 5.04. The van der Waals surface area contributed by atoms with Gasteiger partial charge in [-0.2, -0.15) is 4.99 Å². The average molecular weight is 145 g/mol. The van der Waals surface area contributed by atoms with Gasteiger partial charge in [0, 0.05) is 6.42 Å². The van der Waals surface area contributed by atoms with Crippen molar-refractivity contribution in [3.8, 4) is 0 Å². The molecular weight excluding hydrogens is 138 g/mol. The Morgan fingerprint density at radius 2 is 2.38 bits per heavy atom. The molecule has 0 aromatic carbocycles. The van der Waals surface area contributed by atoms with Gasteiger partial charge >= 0.3 is 0 Å². The summed E-state index contributed by atoms with van der Waals surface area (Å²) in [6.07, 6.45) is 1.87. The summed E-state index contributed by atoms with van der Waals surface area (Å²) in [6, 6.07) is 0. The minimum absolute atomic E-state index is 0.655. The molecule has 0 rings (SSSR count). The molecule has 0 saturated carbocycles. The van der Waals surface area contributed by atoms with Crippen molar-refractivity contribution in [1.29, 1.82) is 0 Å². The number of nitrogens with zero attached hydrogens (tertiary/aromatic N) is 1. The van der Waals surface area contributed by atoms with E-state index in [-0.39, 0.29) is 0 Å². The van der Waals surface area contributed by atoms with Gasteiger partial charge in [-0.05, 0) is 18.6 Å². The van der Waals surface area contributed by atoms with E-state index in [2.05, 4.69) is 22.4 Å². The Morgan fingerprint density at radius 3 is 2.75 bits per heavy atom. The Kier molecular flexibility index (Phi) is 4.97. The van der Waals surface area contributed by atoms with Gasteiger partial charge in [-0.15, -0.1) is 0 Å². The van der Waals surface area contributed by atoms with Crippen molar-refractivity contribution in [2.45, 2.75) is 19.8 Å². The van der Waals surface area contributed by atoms with E-state index in [1.165, 1.54) is 0 Å². The first-order chi connectivity index (χ1) is 3.81. The minimum atomic E-state index is 0.655. The predicted octanol–water partition coefficient (Wildman–Crippen LogP) is 2.22. The van der Waals surface area contributed by atoms with Crippen LogP contribution in [0.15, 0.2) is 4.99 Å². The van der Waals surface area contributed by atoms with Gasteiger partial charge in [-0.1, -0.05) is 19.1 Å². The highest BCUT2D eigenvalue weighted by Gasteiger charge is 1.85. The molecule has 0 saturated heterocycles. The first-order valence-electron chi connectivity index (χ1n) is 2.42. The second-order valence-electron chi connectivity index (χ2n) is 1.35. The van der Waals surface area contributed by atoms with Gasteiger partial charge in [0.25, 0.3) is 0 Å². The lowest BCUT2D eigenvalue weighted by Gasteiger charge is -1.85. The van der Waals surface area contributed by atoms with Gasteiger partial charge in [-0.3, -0.25) is 0 Å². The Labute approximate surface area is 59.8 Å². The minimum Gasteiger partial charge on any atom is -0.187 e. The lowest BCUT2D eigenvalue weighted by molar-refractivity contribution is 0.998. The monoisotopic (exact) mass is 145 g/mol. The quantitative estimate of drug-likeness (QED) is 0.436. The first-order valence-corrected chi connectivity index (χ1v) is 3.23. The molecular formula is C5H7NS2. The molecule has 0 aromatic rings. The standard InChI is InChI=1S/C5H7NS2/c1-2-3-5(8)6-4-7/h2-3H2,1H3. The summed E-state index contributed by atoms with van der Waals surface area (Å²) in [5.74, 6) is 0. The van der Waals surface area contributed by atoms with Crippen molar-refractivity contribution in [2.75, 3.05) is 0 Å². The van der Waals surface area contributed by atoms with E-state index in [0.29, 0.717) is 4.99 Å². The smallest absolute Gasteiger partial charge is 0.114 e. The van der Waals surface area contributed by atoms with E-state index >= 15 is 0 Å². The molecule has 8 heavy (non-hydrogen) atoms. The summed E-state index contributed by atoms with van der Waals surface area (Å²) in [5.41, 5.74) is 0. The van der Waals surface area contributed by atoms with Crippen LogP contribution in [0.25, 0.3) is 0 Å². The highest BCUT2D eigenvalue weighted by atomic mass is 32.1. The van der Waals surface area contributed by atoms with Crippen LogP contribution in [0.4, 0.5) is 0 Å². The number of hydrogen-bond donors (Lipinski definition) is 0. The van der Waals surface area contributed by atoms with Crippen LogP contribution in [0.3, 0.4) is 0 Å². The molecule has 0 heterocycles. The van der Waals surface area contributed by atoms with Gasteiger partial charge < -0.3 is 0 Å². The molecule has 0 radical (unpaired) electrons. The van der Waals surface area contributed by atoms with Crippen LogP contribution in [0.2, 0.25) is 0 Å². The fraction of sp³-hybridized carbons (Fsp3) is 0.600. The van der Waals surface area contributed by atoms with Crippen LogP contribution >= 0.6 is 24.4 Å². The zero-order valence-electron chi connectivity index (χ0n) is 4.68. The first kappa shape index (κ1) is 7.89. The molecule has 3 heteroatoms. The van der Waals surface area contributed by atoms with Gasteiger partial charge in [0.15, 0.2) is 0 Å². The topological polar surface area (TPSA) is 12.4 Å². The summed E-state index contributed by atoms with van der Waals surface area (Å²) < 4.78 is 0. The van der Waals surface area contributed by atoms with Crippen molar-refractivity contribution in [3.63, 3.8) is 0 Å². The third kappa shape index (κ3) is 4.06. The van der Waals surface area contributed by atoms with Crippen LogP contribution in [-0.4, -0.2) is 10.1 Å². The molecule has 0 aromatic heterocycles. The third-order valence-corrected chi connectivity index (χ3v) is 1.02. The maximum atomic E-state index is 4.76. The molecule has 0 N–H and O–H groups in total. The van der Waals surface area contributed by atoms with E-state index in [9.17, 15) is 0 Å². The Morgan fingerprint density at radius 1 is 1.75 bits per heavy atom. The molecule has 0 aliphatic carbocycles. The number of hydrogen-bond acceptors (Lipinski definition) is 2. The zero-order chi connectivity index (χ0) is 6.41. The van der Waals surface area contributed by atoms with E-state index in [1.54, 1.807) is 0 Å². The molecule has 0 aliphatic rings. The lowest BCUT2D eigenvalue weighted by atomic mass is 10.3. The molecule has 44 valence electrons. The van der Waals surface area contributed by atoms with Crippen molar-refractivity contribution in [2.24, 2.45) is 4.99 Å². The van der Waals surface area contributed by atoms with Crippen molar-refractivity contribution in [1.82, 2.24) is 0 Å². The van der Waals surface area contributed by atoms with E-state index in [4.69, 9.17) is 12.2 Å². The molecule has 0 bridgehead atoms. The Balaban J connectivity index is 3.49. The van der Waals surface area contributed by atoms with Crippen molar-refractivity contribution in [3.05, 3.63) is 0 Å². The fourth-order valence-electron chi connectivity index (χ4n) is 0.321. The number of isothiocyanates is 1. The molecule has 0 fully saturated rings. The summed E-state index contributed by atoms with van der Waals surface area (Å²) in [6.45, 7) is 2.05. The number of aliphatic imine (C=N–C) groups is 1. The SMILES string of the molecule is CCCC(=S)N=C=S. The highest BCUT2D eigenvalue weighted by molar-refractivity contribution is 7.80. The van der Waals surface area contributed by atoms with Gasteiger partial charge in [0.2, 0.25) is 0 Å². The summed E-state index contributed by atoms with van der Waals surface area (Å²) in [7, 11) is 0. The van der Waals surface area contributed by atoms with Crippen molar-refractivity contribution >= 4 is 34.6 Å². The van der Waals surface area contributed by atoms with Gasteiger partial charge in [0.1, 0.15) is 4.99 Å². The fourth-order valence-corrected chi connectivity index (χ4v) is 0.738. The Hall–Kier alpha value is -0.110. The van der Waals surface area contributed by atoms with E-state index < -0.39 is 0 Å². The van der Waals surface area contributed by atoms with E-state index in [1.807, 2.05) is 6.92 Å². The van der Waals surface area contributed by atoms with Crippen molar-refractivity contribution < 1.29 is 0 Å².